The highest BCUT2D eigenvalue weighted by Gasteiger charge is 2.15. The highest BCUT2D eigenvalue weighted by Crippen LogP contribution is 2.35. The molecule has 1 aromatic heterocycles. The SMILES string of the molecule is CC(=O)/C(=C\O)c1ccc(Oc2cc(-c3coc4cccc(O)c4c3=O)ccc2O)cc1. The Bertz CT molecular complexity index is 1410. The van der Waals surface area contributed by atoms with E-state index >= 15 is 0 Å². The summed E-state index contributed by atoms with van der Waals surface area (Å²) in [4.78, 5) is 24.5. The Balaban J connectivity index is 1.69. The molecule has 32 heavy (non-hydrogen) atoms. The lowest BCUT2D eigenvalue weighted by Gasteiger charge is -2.11. The smallest absolute Gasteiger partial charge is 0.204 e. The van der Waals surface area contributed by atoms with Crippen LogP contribution in [0.2, 0.25) is 0 Å². The minimum atomic E-state index is -0.419. The van der Waals surface area contributed by atoms with Crippen LogP contribution in [0.1, 0.15) is 12.5 Å². The Morgan fingerprint density at radius 3 is 2.44 bits per heavy atom. The van der Waals surface area contributed by atoms with Gasteiger partial charge < -0.3 is 24.5 Å². The Labute approximate surface area is 182 Å². The van der Waals surface area contributed by atoms with E-state index in [1.165, 1.54) is 37.5 Å². The minimum absolute atomic E-state index is 0.0642. The number of ketones is 1. The predicted molar refractivity (Wildman–Crippen MR) is 119 cm³/mol. The normalized spacial score (nSPS) is 11.5. The van der Waals surface area contributed by atoms with E-state index < -0.39 is 5.43 Å². The molecule has 0 aliphatic carbocycles. The summed E-state index contributed by atoms with van der Waals surface area (Å²) >= 11 is 0. The molecule has 0 aliphatic rings. The van der Waals surface area contributed by atoms with E-state index in [0.717, 1.165) is 6.26 Å². The third-order valence-corrected chi connectivity index (χ3v) is 4.95. The maximum absolute atomic E-state index is 12.9. The lowest BCUT2D eigenvalue weighted by Crippen LogP contribution is -2.05. The predicted octanol–water partition coefficient (Wildman–Crippen LogP) is 5.15. The van der Waals surface area contributed by atoms with E-state index in [1.807, 2.05) is 0 Å². The third kappa shape index (κ3) is 3.79. The van der Waals surface area contributed by atoms with Gasteiger partial charge in [-0.2, -0.15) is 0 Å². The largest absolute Gasteiger partial charge is 0.515 e. The fraction of sp³-hybridized carbons (Fsp3) is 0.0400. The molecule has 4 aromatic rings. The van der Waals surface area contributed by atoms with Gasteiger partial charge in [-0.25, -0.2) is 0 Å². The summed E-state index contributed by atoms with van der Waals surface area (Å²) in [7, 11) is 0. The summed E-state index contributed by atoms with van der Waals surface area (Å²) in [5, 5.41) is 29.6. The van der Waals surface area contributed by atoms with Crippen LogP contribution in [-0.4, -0.2) is 21.1 Å². The van der Waals surface area contributed by atoms with Gasteiger partial charge in [0.05, 0.1) is 17.4 Å². The van der Waals surface area contributed by atoms with E-state index in [1.54, 1.807) is 36.4 Å². The molecule has 0 saturated carbocycles. The number of benzene rings is 3. The number of phenols is 2. The number of rotatable bonds is 5. The number of aliphatic hydroxyl groups excluding tert-OH is 1. The van der Waals surface area contributed by atoms with Crippen LogP contribution in [0, 0.1) is 0 Å². The fourth-order valence-corrected chi connectivity index (χ4v) is 3.32. The van der Waals surface area contributed by atoms with Crippen LogP contribution in [-0.2, 0) is 4.79 Å². The zero-order chi connectivity index (χ0) is 22.8. The average molecular weight is 430 g/mol. The molecule has 4 rings (SSSR count). The van der Waals surface area contributed by atoms with Crippen LogP contribution in [0.5, 0.6) is 23.0 Å². The summed E-state index contributed by atoms with van der Waals surface area (Å²) < 4.78 is 11.2. The number of fused-ring (bicyclic) bond motifs is 1. The molecule has 3 N–H and O–H groups in total. The van der Waals surface area contributed by atoms with Gasteiger partial charge >= 0.3 is 0 Å². The van der Waals surface area contributed by atoms with Crippen molar-refractivity contribution >= 4 is 22.3 Å². The van der Waals surface area contributed by atoms with Crippen molar-refractivity contribution in [1.29, 1.82) is 0 Å². The van der Waals surface area contributed by atoms with Gasteiger partial charge in [-0.05, 0) is 54.4 Å². The molecule has 160 valence electrons. The number of ether oxygens (including phenoxy) is 1. The number of hydrogen-bond acceptors (Lipinski definition) is 7. The Kier molecular flexibility index (Phi) is 5.39. The molecule has 0 unspecified atom stereocenters. The van der Waals surface area contributed by atoms with Crippen molar-refractivity contribution in [2.45, 2.75) is 6.92 Å². The van der Waals surface area contributed by atoms with Gasteiger partial charge in [0.25, 0.3) is 0 Å². The van der Waals surface area contributed by atoms with E-state index in [2.05, 4.69) is 0 Å². The van der Waals surface area contributed by atoms with Crippen LogP contribution >= 0.6 is 0 Å². The highest BCUT2D eigenvalue weighted by atomic mass is 16.5. The molecular formula is C25H18O7. The molecule has 0 bridgehead atoms. The molecule has 0 radical (unpaired) electrons. The third-order valence-electron chi connectivity index (χ3n) is 4.95. The summed E-state index contributed by atoms with van der Waals surface area (Å²) in [6.07, 6.45) is 2.04. The molecule has 1 heterocycles. The first kappa shape index (κ1) is 20.7. The molecular weight excluding hydrogens is 412 g/mol. The number of hydrogen-bond donors (Lipinski definition) is 3. The van der Waals surface area contributed by atoms with Crippen molar-refractivity contribution in [1.82, 2.24) is 0 Å². The molecule has 0 fully saturated rings. The second-order valence-electron chi connectivity index (χ2n) is 7.04. The van der Waals surface area contributed by atoms with Crippen LogP contribution < -0.4 is 10.2 Å². The van der Waals surface area contributed by atoms with E-state index in [-0.39, 0.29) is 45.1 Å². The summed E-state index contributed by atoms with van der Waals surface area (Å²) in [5.74, 6) is -0.158. The van der Waals surface area contributed by atoms with Gasteiger partial charge in [0, 0.05) is 0 Å². The van der Waals surface area contributed by atoms with Crippen molar-refractivity contribution in [3.63, 3.8) is 0 Å². The molecule has 0 atom stereocenters. The first-order chi connectivity index (χ1) is 15.4. The van der Waals surface area contributed by atoms with Crippen molar-refractivity contribution < 1.29 is 29.3 Å². The number of carbonyl (C=O) groups is 1. The van der Waals surface area contributed by atoms with Crippen LogP contribution in [0.4, 0.5) is 0 Å². The highest BCUT2D eigenvalue weighted by molar-refractivity contribution is 6.19. The minimum Gasteiger partial charge on any atom is -0.515 e. The van der Waals surface area contributed by atoms with Gasteiger partial charge in [-0.1, -0.05) is 24.3 Å². The maximum atomic E-state index is 12.9. The van der Waals surface area contributed by atoms with Crippen molar-refractivity contribution in [3.05, 3.63) is 89.0 Å². The molecule has 0 spiro atoms. The lowest BCUT2D eigenvalue weighted by molar-refractivity contribution is -0.111. The Morgan fingerprint density at radius 2 is 1.75 bits per heavy atom. The Morgan fingerprint density at radius 1 is 1.00 bits per heavy atom. The zero-order valence-corrected chi connectivity index (χ0v) is 16.9. The molecule has 0 amide bonds. The van der Waals surface area contributed by atoms with Gasteiger partial charge in [0.2, 0.25) is 5.43 Å². The number of phenolic OH excluding ortho intramolecular Hbond substituents is 2. The Hall–Kier alpha value is -4.52. The summed E-state index contributed by atoms with van der Waals surface area (Å²) in [6.45, 7) is 1.35. The van der Waals surface area contributed by atoms with E-state index in [4.69, 9.17) is 9.15 Å². The number of carbonyl (C=O) groups excluding carboxylic acids is 1. The molecule has 0 saturated heterocycles. The van der Waals surface area contributed by atoms with E-state index in [9.17, 15) is 24.9 Å². The number of aliphatic hydroxyl groups is 1. The quantitative estimate of drug-likeness (QED) is 0.296. The molecule has 0 aliphatic heterocycles. The van der Waals surface area contributed by atoms with Crippen molar-refractivity contribution in [2.75, 3.05) is 0 Å². The van der Waals surface area contributed by atoms with Crippen LogP contribution in [0.15, 0.2) is 82.4 Å². The van der Waals surface area contributed by atoms with E-state index in [0.29, 0.717) is 16.9 Å². The second kappa shape index (κ2) is 8.31. The van der Waals surface area contributed by atoms with Gasteiger partial charge in [0.15, 0.2) is 17.3 Å². The molecule has 7 nitrogen and oxygen atoms in total. The summed E-state index contributed by atoms with van der Waals surface area (Å²) in [5.41, 5.74) is 1.13. The lowest BCUT2D eigenvalue weighted by atomic mass is 10.0. The monoisotopic (exact) mass is 430 g/mol. The number of allylic oxidation sites excluding steroid dienone is 1. The van der Waals surface area contributed by atoms with Gasteiger partial charge in [0.1, 0.15) is 28.7 Å². The van der Waals surface area contributed by atoms with Gasteiger partial charge in [-0.3, -0.25) is 9.59 Å². The average Bonchev–Trinajstić information content (AvgIpc) is 2.77. The zero-order valence-electron chi connectivity index (χ0n) is 16.9. The molecule has 3 aromatic carbocycles. The van der Waals surface area contributed by atoms with Crippen molar-refractivity contribution in [3.8, 4) is 34.1 Å². The first-order valence-electron chi connectivity index (χ1n) is 9.59. The standard InChI is InChI=1S/C25H18O7/c1-14(27)18(12-26)15-5-8-17(9-6-15)32-23-11-16(7-10-20(23)28)19-13-31-22-4-2-3-21(29)24(22)25(19)30/h2-13,26,28-29H,1H3/b18-12+. The first-order valence-corrected chi connectivity index (χ1v) is 9.59. The topological polar surface area (TPSA) is 117 Å². The van der Waals surface area contributed by atoms with Crippen molar-refractivity contribution in [2.24, 2.45) is 0 Å². The second-order valence-corrected chi connectivity index (χ2v) is 7.04. The number of aromatic hydroxyl groups is 2. The number of Topliss-reactive ketones (excluding diaryl/α,β-unsaturated/α-hetero) is 1. The maximum Gasteiger partial charge on any atom is 0.204 e. The summed E-state index contributed by atoms with van der Waals surface area (Å²) in [6, 6.07) is 15.3. The van der Waals surface area contributed by atoms with Crippen LogP contribution in [0.3, 0.4) is 0 Å². The fourth-order valence-electron chi connectivity index (χ4n) is 3.32. The molecule has 7 heteroatoms. The van der Waals surface area contributed by atoms with Gasteiger partial charge in [-0.15, -0.1) is 0 Å². The van der Waals surface area contributed by atoms with Crippen LogP contribution in [0.25, 0.3) is 27.7 Å².